The minimum absolute atomic E-state index is 0.135. The van der Waals surface area contributed by atoms with E-state index in [9.17, 15) is 4.79 Å². The number of para-hydroxylation sites is 1. The van der Waals surface area contributed by atoms with Crippen LogP contribution in [0.15, 0.2) is 30.5 Å². The summed E-state index contributed by atoms with van der Waals surface area (Å²) < 4.78 is 1.80. The molecule has 2 aromatic heterocycles. The Hall–Kier alpha value is -2.31. The van der Waals surface area contributed by atoms with Crippen LogP contribution in [0.25, 0.3) is 11.2 Å². The maximum atomic E-state index is 12.4. The van der Waals surface area contributed by atoms with Gasteiger partial charge in [0.25, 0.3) is 5.91 Å². The molecule has 0 aliphatic rings. The van der Waals surface area contributed by atoms with Gasteiger partial charge in [-0.3, -0.25) is 9.36 Å². The molecule has 0 bridgehead atoms. The van der Waals surface area contributed by atoms with E-state index in [0.29, 0.717) is 45.0 Å². The number of pyridine rings is 1. The van der Waals surface area contributed by atoms with Crippen molar-refractivity contribution < 1.29 is 4.79 Å². The first kappa shape index (κ1) is 21.4. The van der Waals surface area contributed by atoms with Crippen molar-refractivity contribution in [3.05, 3.63) is 46.1 Å². The number of amides is 1. The van der Waals surface area contributed by atoms with E-state index >= 15 is 0 Å². The highest BCUT2D eigenvalue weighted by atomic mass is 35.5. The first-order valence-corrected chi connectivity index (χ1v) is 10.6. The van der Waals surface area contributed by atoms with Gasteiger partial charge in [0.1, 0.15) is 5.52 Å². The number of benzene rings is 1. The van der Waals surface area contributed by atoms with Crippen molar-refractivity contribution in [3.63, 3.8) is 0 Å². The average Bonchev–Trinajstić information content (AvgIpc) is 3.02. The van der Waals surface area contributed by atoms with E-state index in [1.807, 2.05) is 7.05 Å². The number of imidazole rings is 1. The summed E-state index contributed by atoms with van der Waals surface area (Å²) in [5.74, 6) is 0.403. The zero-order chi connectivity index (χ0) is 20.8. The Morgan fingerprint density at radius 3 is 2.59 bits per heavy atom. The number of unbranched alkanes of at least 4 members (excludes halogenated alkanes) is 4. The topological polar surface area (TPSA) is 71.8 Å². The first-order valence-electron chi connectivity index (χ1n) is 9.83. The summed E-state index contributed by atoms with van der Waals surface area (Å²) >= 11 is 12.5. The summed E-state index contributed by atoms with van der Waals surface area (Å²) in [7, 11) is 1.84. The average molecular weight is 434 g/mol. The molecule has 1 amide bonds. The molecular weight excluding hydrogens is 409 g/mol. The van der Waals surface area contributed by atoms with E-state index in [4.69, 9.17) is 23.2 Å². The molecule has 0 saturated carbocycles. The second-order valence-electron chi connectivity index (χ2n) is 6.95. The SMILES string of the molecule is CCCCCCCNC(=O)c1cnc2c(c1)nc(Nc1c(Cl)cccc1Cl)n2C. The minimum atomic E-state index is -0.135. The molecular formula is C21H25Cl2N5O. The number of nitrogens with zero attached hydrogens (tertiary/aromatic N) is 3. The number of carbonyl (C=O) groups excluding carboxylic acids is 1. The Morgan fingerprint density at radius 1 is 1.14 bits per heavy atom. The van der Waals surface area contributed by atoms with Gasteiger partial charge in [-0.2, -0.15) is 0 Å². The van der Waals surface area contributed by atoms with Gasteiger partial charge >= 0.3 is 0 Å². The van der Waals surface area contributed by atoms with E-state index < -0.39 is 0 Å². The van der Waals surface area contributed by atoms with Crippen LogP contribution in [-0.4, -0.2) is 27.0 Å². The van der Waals surface area contributed by atoms with E-state index in [1.165, 1.54) is 19.3 Å². The second kappa shape index (κ2) is 9.94. The number of fused-ring (bicyclic) bond motifs is 1. The third-order valence-electron chi connectivity index (χ3n) is 4.74. The first-order chi connectivity index (χ1) is 14.0. The molecule has 0 radical (unpaired) electrons. The molecule has 3 aromatic rings. The second-order valence-corrected chi connectivity index (χ2v) is 7.77. The number of hydrogen-bond donors (Lipinski definition) is 2. The molecule has 0 fully saturated rings. The molecule has 0 atom stereocenters. The van der Waals surface area contributed by atoms with Crippen molar-refractivity contribution in [2.24, 2.45) is 7.05 Å². The predicted octanol–water partition coefficient (Wildman–Crippen LogP) is 5.72. The lowest BCUT2D eigenvalue weighted by Gasteiger charge is -2.09. The zero-order valence-electron chi connectivity index (χ0n) is 16.6. The third kappa shape index (κ3) is 5.19. The van der Waals surface area contributed by atoms with Crippen LogP contribution < -0.4 is 10.6 Å². The summed E-state index contributed by atoms with van der Waals surface area (Å²) in [6, 6.07) is 7.03. The highest BCUT2D eigenvalue weighted by molar-refractivity contribution is 6.39. The molecule has 0 aliphatic heterocycles. The maximum Gasteiger partial charge on any atom is 0.252 e. The Morgan fingerprint density at radius 2 is 1.86 bits per heavy atom. The van der Waals surface area contributed by atoms with Crippen LogP contribution in [0.5, 0.6) is 0 Å². The van der Waals surface area contributed by atoms with Crippen molar-refractivity contribution in [1.29, 1.82) is 0 Å². The van der Waals surface area contributed by atoms with Gasteiger partial charge in [-0.15, -0.1) is 0 Å². The number of hydrogen-bond acceptors (Lipinski definition) is 4. The van der Waals surface area contributed by atoms with E-state index in [1.54, 1.807) is 35.0 Å². The number of rotatable bonds is 9. The molecule has 0 spiro atoms. The van der Waals surface area contributed by atoms with E-state index in [2.05, 4.69) is 27.5 Å². The van der Waals surface area contributed by atoms with Crippen molar-refractivity contribution in [2.75, 3.05) is 11.9 Å². The number of nitrogens with one attached hydrogen (secondary N) is 2. The molecule has 1 aromatic carbocycles. The normalized spacial score (nSPS) is 11.0. The molecule has 6 nitrogen and oxygen atoms in total. The van der Waals surface area contributed by atoms with Gasteiger partial charge in [0.05, 0.1) is 21.3 Å². The predicted molar refractivity (Wildman–Crippen MR) is 119 cm³/mol. The third-order valence-corrected chi connectivity index (χ3v) is 5.37. The van der Waals surface area contributed by atoms with Crippen LogP contribution in [-0.2, 0) is 7.05 Å². The number of carbonyl (C=O) groups is 1. The highest BCUT2D eigenvalue weighted by Gasteiger charge is 2.15. The van der Waals surface area contributed by atoms with Crippen LogP contribution in [0.2, 0.25) is 10.0 Å². The number of aryl methyl sites for hydroxylation is 1. The molecule has 0 saturated heterocycles. The quantitative estimate of drug-likeness (QED) is 0.423. The van der Waals surface area contributed by atoms with Crippen molar-refractivity contribution in [1.82, 2.24) is 19.9 Å². The largest absolute Gasteiger partial charge is 0.352 e. The molecule has 0 aliphatic carbocycles. The van der Waals surface area contributed by atoms with Gasteiger partial charge in [0.2, 0.25) is 5.95 Å². The Balaban J connectivity index is 1.71. The van der Waals surface area contributed by atoms with Gasteiger partial charge in [0, 0.05) is 19.8 Å². The Bertz CT molecular complexity index is 982. The molecule has 0 unspecified atom stereocenters. The van der Waals surface area contributed by atoms with Crippen LogP contribution in [0.3, 0.4) is 0 Å². The fourth-order valence-corrected chi connectivity index (χ4v) is 3.57. The minimum Gasteiger partial charge on any atom is -0.352 e. The van der Waals surface area contributed by atoms with Crippen LogP contribution in [0.4, 0.5) is 11.6 Å². The Labute approximate surface area is 180 Å². The lowest BCUT2D eigenvalue weighted by Crippen LogP contribution is -2.24. The fourth-order valence-electron chi connectivity index (χ4n) is 3.07. The number of aromatic nitrogens is 3. The summed E-state index contributed by atoms with van der Waals surface area (Å²) in [4.78, 5) is 21.4. The molecule has 2 heterocycles. The standard InChI is InChI=1S/C21H25Cl2N5O/c1-3-4-5-6-7-11-24-20(29)14-12-17-19(25-13-14)28(2)21(26-17)27-18-15(22)9-8-10-16(18)23/h8-10,12-13H,3-7,11H2,1-2H3,(H,24,29)(H,26,27). The lowest BCUT2D eigenvalue weighted by molar-refractivity contribution is 0.0952. The van der Waals surface area contributed by atoms with Gasteiger partial charge in [-0.05, 0) is 24.6 Å². The maximum absolute atomic E-state index is 12.4. The van der Waals surface area contributed by atoms with E-state index in [0.717, 1.165) is 12.8 Å². The van der Waals surface area contributed by atoms with Crippen molar-refractivity contribution in [2.45, 2.75) is 39.0 Å². The van der Waals surface area contributed by atoms with Crippen LogP contribution in [0.1, 0.15) is 49.4 Å². The number of anilines is 2. The highest BCUT2D eigenvalue weighted by Crippen LogP contribution is 2.32. The summed E-state index contributed by atoms with van der Waals surface area (Å²) in [5, 5.41) is 7.10. The van der Waals surface area contributed by atoms with Crippen molar-refractivity contribution in [3.8, 4) is 0 Å². The van der Waals surface area contributed by atoms with E-state index in [-0.39, 0.29) is 5.91 Å². The van der Waals surface area contributed by atoms with Crippen LogP contribution >= 0.6 is 23.2 Å². The van der Waals surface area contributed by atoms with Gasteiger partial charge in [-0.25, -0.2) is 9.97 Å². The smallest absolute Gasteiger partial charge is 0.252 e. The van der Waals surface area contributed by atoms with Gasteiger partial charge in [-0.1, -0.05) is 61.9 Å². The fraction of sp³-hybridized carbons (Fsp3) is 0.381. The van der Waals surface area contributed by atoms with Crippen molar-refractivity contribution >= 4 is 51.9 Å². The van der Waals surface area contributed by atoms with Crippen LogP contribution in [0, 0.1) is 0 Å². The Kier molecular flexibility index (Phi) is 7.34. The van der Waals surface area contributed by atoms with Gasteiger partial charge < -0.3 is 10.6 Å². The summed E-state index contributed by atoms with van der Waals surface area (Å²) in [6.45, 7) is 2.85. The molecule has 154 valence electrons. The number of halogens is 2. The zero-order valence-corrected chi connectivity index (χ0v) is 18.1. The molecule has 3 rings (SSSR count). The molecule has 8 heteroatoms. The molecule has 29 heavy (non-hydrogen) atoms. The lowest BCUT2D eigenvalue weighted by atomic mass is 10.1. The van der Waals surface area contributed by atoms with Gasteiger partial charge in [0.15, 0.2) is 5.65 Å². The summed E-state index contributed by atoms with van der Waals surface area (Å²) in [6.07, 6.45) is 7.34. The summed E-state index contributed by atoms with van der Waals surface area (Å²) in [5.41, 5.74) is 2.35. The monoisotopic (exact) mass is 433 g/mol. The molecule has 2 N–H and O–H groups in total.